The molecule has 1 N–H and O–H groups in total. The summed E-state index contributed by atoms with van der Waals surface area (Å²) in [6.45, 7) is 0. The maximum atomic E-state index is 11.2. The average molecular weight is 263 g/mol. The molecule has 1 aromatic carbocycles. The number of hydrogen-bond acceptors (Lipinski definition) is 6. The first-order valence-corrected chi connectivity index (χ1v) is 5.70. The van der Waals surface area contributed by atoms with Gasteiger partial charge in [-0.05, 0) is 12.1 Å². The highest BCUT2D eigenvalue weighted by Crippen LogP contribution is 2.30. The molecule has 0 radical (unpaired) electrons. The van der Waals surface area contributed by atoms with Crippen molar-refractivity contribution in [2.24, 2.45) is 0 Å². The summed E-state index contributed by atoms with van der Waals surface area (Å²) in [4.78, 5) is 21.5. The van der Waals surface area contributed by atoms with E-state index in [1.165, 1.54) is 6.07 Å². The number of nitrogens with zero attached hydrogens (tertiary/aromatic N) is 1. The van der Waals surface area contributed by atoms with Crippen molar-refractivity contribution < 1.29 is 18.8 Å². The van der Waals surface area contributed by atoms with E-state index < -0.39 is 10.9 Å². The lowest BCUT2D eigenvalue weighted by atomic mass is 10.1. The number of hydrogen-bond donors (Lipinski definition) is 1. The van der Waals surface area contributed by atoms with Crippen LogP contribution in [0.2, 0.25) is 0 Å². The molecule has 2 aromatic heterocycles. The second-order valence-electron chi connectivity index (χ2n) is 3.47. The molecule has 0 aliphatic heterocycles. The van der Waals surface area contributed by atoms with Gasteiger partial charge in [0.15, 0.2) is 17.0 Å². The summed E-state index contributed by atoms with van der Waals surface area (Å²) in [5, 5.41) is 12.2. The Bertz CT molecular complexity index is 797. The van der Waals surface area contributed by atoms with Gasteiger partial charge in [-0.1, -0.05) is 22.6 Å². The topological polar surface area (TPSA) is 93.5 Å². The molecule has 0 fully saturated rings. The van der Waals surface area contributed by atoms with Crippen LogP contribution in [-0.2, 0) is 0 Å². The van der Waals surface area contributed by atoms with E-state index in [-0.39, 0.29) is 11.5 Å². The van der Waals surface area contributed by atoms with Gasteiger partial charge in [0.25, 0.3) is 0 Å². The number of fused-ring (bicyclic) bond motifs is 1. The first-order valence-electron chi connectivity index (χ1n) is 4.88. The molecule has 0 amide bonds. The van der Waals surface area contributed by atoms with Crippen LogP contribution >= 0.6 is 11.3 Å². The first kappa shape index (κ1) is 10.7. The van der Waals surface area contributed by atoms with Crippen molar-refractivity contribution in [2.75, 3.05) is 0 Å². The SMILES string of the molecule is O=C(O)c1cc(-c2cccc3sc(=O)oc23)on1. The summed E-state index contributed by atoms with van der Waals surface area (Å²) in [7, 11) is 0. The van der Waals surface area contributed by atoms with Crippen LogP contribution < -0.4 is 4.94 Å². The minimum absolute atomic E-state index is 0.195. The van der Waals surface area contributed by atoms with E-state index >= 15 is 0 Å². The lowest BCUT2D eigenvalue weighted by molar-refractivity contribution is 0.0686. The fourth-order valence-corrected chi connectivity index (χ4v) is 2.29. The van der Waals surface area contributed by atoms with E-state index in [9.17, 15) is 9.59 Å². The van der Waals surface area contributed by atoms with E-state index in [2.05, 4.69) is 5.16 Å². The molecule has 3 rings (SSSR count). The van der Waals surface area contributed by atoms with Crippen molar-refractivity contribution in [1.29, 1.82) is 0 Å². The van der Waals surface area contributed by atoms with Gasteiger partial charge in [0, 0.05) is 6.07 Å². The lowest BCUT2D eigenvalue weighted by Gasteiger charge is -1.94. The first-order chi connectivity index (χ1) is 8.65. The lowest BCUT2D eigenvalue weighted by Crippen LogP contribution is -1.94. The molecule has 0 unspecified atom stereocenters. The fraction of sp³-hybridized carbons (Fsp3) is 0. The number of benzene rings is 1. The van der Waals surface area contributed by atoms with E-state index in [0.29, 0.717) is 15.8 Å². The van der Waals surface area contributed by atoms with Crippen LogP contribution in [0.1, 0.15) is 10.5 Å². The molecule has 0 atom stereocenters. The van der Waals surface area contributed by atoms with Gasteiger partial charge in [0.1, 0.15) is 0 Å². The highest BCUT2D eigenvalue weighted by molar-refractivity contribution is 7.16. The Labute approximate surface area is 103 Å². The fourth-order valence-electron chi connectivity index (χ4n) is 1.59. The summed E-state index contributed by atoms with van der Waals surface area (Å²) in [5.74, 6) is -0.927. The van der Waals surface area contributed by atoms with Crippen molar-refractivity contribution >= 4 is 27.6 Å². The molecule has 0 aliphatic rings. The average Bonchev–Trinajstić information content (AvgIpc) is 2.92. The second-order valence-corrected chi connectivity index (χ2v) is 4.45. The summed E-state index contributed by atoms with van der Waals surface area (Å²) in [6.07, 6.45) is 0. The Morgan fingerprint density at radius 2 is 2.22 bits per heavy atom. The largest absolute Gasteiger partial charge is 0.476 e. The quantitative estimate of drug-likeness (QED) is 0.761. The van der Waals surface area contributed by atoms with Gasteiger partial charge in [-0.25, -0.2) is 9.59 Å². The zero-order valence-corrected chi connectivity index (χ0v) is 9.56. The molecule has 7 heteroatoms. The molecule has 0 aliphatic carbocycles. The Morgan fingerprint density at radius 1 is 1.39 bits per heavy atom. The number of carboxylic acids is 1. The third kappa shape index (κ3) is 1.61. The van der Waals surface area contributed by atoms with Gasteiger partial charge < -0.3 is 14.0 Å². The molecule has 90 valence electrons. The second kappa shape index (κ2) is 3.81. The van der Waals surface area contributed by atoms with Crippen molar-refractivity contribution in [1.82, 2.24) is 5.16 Å². The van der Waals surface area contributed by atoms with E-state index in [1.807, 2.05) is 0 Å². The van der Waals surface area contributed by atoms with Crippen LogP contribution in [0.25, 0.3) is 21.6 Å². The number of aromatic nitrogens is 1. The third-order valence-corrected chi connectivity index (χ3v) is 3.14. The predicted molar refractivity (Wildman–Crippen MR) is 62.8 cm³/mol. The molecular formula is C11H5NO5S. The number of aromatic carboxylic acids is 1. The molecule has 6 nitrogen and oxygen atoms in total. The number of para-hydroxylation sites is 1. The van der Waals surface area contributed by atoms with E-state index in [0.717, 1.165) is 11.3 Å². The zero-order valence-electron chi connectivity index (χ0n) is 8.75. The smallest absolute Gasteiger partial charge is 0.396 e. The van der Waals surface area contributed by atoms with Crippen molar-refractivity contribution in [3.05, 3.63) is 39.7 Å². The maximum Gasteiger partial charge on any atom is 0.396 e. The molecule has 18 heavy (non-hydrogen) atoms. The Morgan fingerprint density at radius 3 is 2.94 bits per heavy atom. The number of rotatable bonds is 2. The van der Waals surface area contributed by atoms with E-state index in [4.69, 9.17) is 14.0 Å². The maximum absolute atomic E-state index is 11.2. The van der Waals surface area contributed by atoms with Gasteiger partial charge in [-0.3, -0.25) is 0 Å². The van der Waals surface area contributed by atoms with Crippen LogP contribution in [-0.4, -0.2) is 16.2 Å². The van der Waals surface area contributed by atoms with Gasteiger partial charge in [0.2, 0.25) is 0 Å². The normalized spacial score (nSPS) is 10.9. The minimum Gasteiger partial charge on any atom is -0.476 e. The van der Waals surface area contributed by atoms with Crippen molar-refractivity contribution in [3.63, 3.8) is 0 Å². The molecular weight excluding hydrogens is 258 g/mol. The number of carbonyl (C=O) groups is 1. The summed E-state index contributed by atoms with van der Waals surface area (Å²) < 4.78 is 10.7. The van der Waals surface area contributed by atoms with Gasteiger partial charge in [-0.2, -0.15) is 0 Å². The molecule has 0 saturated carbocycles. The van der Waals surface area contributed by atoms with Crippen LogP contribution in [0, 0.1) is 0 Å². The molecule has 0 saturated heterocycles. The minimum atomic E-state index is -1.18. The van der Waals surface area contributed by atoms with Crippen LogP contribution in [0.4, 0.5) is 0 Å². The molecule has 0 spiro atoms. The third-order valence-electron chi connectivity index (χ3n) is 2.35. The Hall–Kier alpha value is -2.41. The zero-order chi connectivity index (χ0) is 12.7. The van der Waals surface area contributed by atoms with Crippen LogP contribution in [0.5, 0.6) is 0 Å². The summed E-state index contributed by atoms with van der Waals surface area (Å²) in [5.41, 5.74) is 0.686. The van der Waals surface area contributed by atoms with Crippen LogP contribution in [0.15, 0.2) is 38.0 Å². The van der Waals surface area contributed by atoms with E-state index in [1.54, 1.807) is 18.2 Å². The standard InChI is InChI=1S/C11H5NO5S/c13-10(14)6-4-7(17-12-6)5-2-1-3-8-9(5)16-11(15)18-8/h1-4H,(H,13,14). The van der Waals surface area contributed by atoms with Gasteiger partial charge in [0.05, 0.1) is 10.3 Å². The summed E-state index contributed by atoms with van der Waals surface area (Å²) in [6, 6.07) is 6.42. The van der Waals surface area contributed by atoms with Crippen LogP contribution in [0.3, 0.4) is 0 Å². The Balaban J connectivity index is 2.24. The molecule has 2 heterocycles. The van der Waals surface area contributed by atoms with Crippen molar-refractivity contribution in [3.8, 4) is 11.3 Å². The van der Waals surface area contributed by atoms with Gasteiger partial charge >= 0.3 is 10.9 Å². The summed E-state index contributed by atoms with van der Waals surface area (Å²) >= 11 is 0.973. The van der Waals surface area contributed by atoms with Gasteiger partial charge in [-0.15, -0.1) is 0 Å². The highest BCUT2D eigenvalue weighted by atomic mass is 32.1. The van der Waals surface area contributed by atoms with Crippen molar-refractivity contribution in [2.45, 2.75) is 0 Å². The monoisotopic (exact) mass is 263 g/mol. The Kier molecular flexibility index (Phi) is 2.27. The number of carboxylic acid groups (broad SMARTS) is 1. The predicted octanol–water partition coefficient (Wildman–Crippen LogP) is 2.21. The highest BCUT2D eigenvalue weighted by Gasteiger charge is 2.16. The molecule has 3 aromatic rings. The molecule has 0 bridgehead atoms.